The van der Waals surface area contributed by atoms with Crippen LogP contribution in [0.4, 0.5) is 5.69 Å². The maximum Gasteiger partial charge on any atom is 0.226 e. The van der Waals surface area contributed by atoms with Crippen molar-refractivity contribution in [2.45, 2.75) is 20.8 Å². The zero-order chi connectivity index (χ0) is 12.8. The van der Waals surface area contributed by atoms with E-state index >= 15 is 0 Å². The summed E-state index contributed by atoms with van der Waals surface area (Å²) in [4.78, 5) is 11.6. The summed E-state index contributed by atoms with van der Waals surface area (Å²) >= 11 is 0. The third-order valence-corrected chi connectivity index (χ3v) is 2.28. The molecule has 0 saturated heterocycles. The number of nitrogens with one attached hydrogen (secondary N) is 1. The van der Waals surface area contributed by atoms with Gasteiger partial charge in [0.05, 0.1) is 12.2 Å². The summed E-state index contributed by atoms with van der Waals surface area (Å²) in [5, 5.41) is 2.86. The lowest BCUT2D eigenvalue weighted by Gasteiger charge is -2.10. The molecule has 0 aliphatic carbocycles. The summed E-state index contributed by atoms with van der Waals surface area (Å²) in [6.45, 7) is 6.01. The van der Waals surface area contributed by atoms with E-state index in [2.05, 4.69) is 17.2 Å². The highest BCUT2D eigenvalue weighted by molar-refractivity contribution is 5.93. The Labute approximate surface area is 102 Å². The van der Waals surface area contributed by atoms with Crippen LogP contribution in [-0.4, -0.2) is 12.5 Å². The van der Waals surface area contributed by atoms with Gasteiger partial charge in [0.2, 0.25) is 5.91 Å². The number of carbonyl (C=O) groups excluding carboxylic acids is 1. The van der Waals surface area contributed by atoms with Crippen LogP contribution in [-0.2, 0) is 4.79 Å². The lowest BCUT2D eigenvalue weighted by molar-refractivity contribution is -0.118. The van der Waals surface area contributed by atoms with Gasteiger partial charge in [-0.3, -0.25) is 4.79 Å². The molecule has 0 aliphatic heterocycles. The lowest BCUT2D eigenvalue weighted by Crippen LogP contribution is -2.18. The molecule has 0 fully saturated rings. The minimum absolute atomic E-state index is 0.00958. The summed E-state index contributed by atoms with van der Waals surface area (Å²) < 4.78 is 0. The largest absolute Gasteiger partial charge is 0.325 e. The number of nitrogens with two attached hydrogens (primary N) is 1. The average Bonchev–Trinajstić information content (AvgIpc) is 2.29. The molecule has 1 rings (SSSR count). The first-order valence-electron chi connectivity index (χ1n) is 5.65. The smallest absolute Gasteiger partial charge is 0.226 e. The molecule has 0 atom stereocenters. The third kappa shape index (κ3) is 3.93. The molecular formula is C14H18N2O. The zero-order valence-corrected chi connectivity index (χ0v) is 10.5. The second-order valence-electron chi connectivity index (χ2n) is 4.20. The Hall–Kier alpha value is -1.79. The maximum absolute atomic E-state index is 11.6. The van der Waals surface area contributed by atoms with Gasteiger partial charge < -0.3 is 11.1 Å². The van der Waals surface area contributed by atoms with Gasteiger partial charge in [-0.15, -0.1) is 0 Å². The highest BCUT2D eigenvalue weighted by atomic mass is 16.1. The van der Waals surface area contributed by atoms with Crippen LogP contribution >= 0.6 is 0 Å². The third-order valence-electron chi connectivity index (χ3n) is 2.28. The van der Waals surface area contributed by atoms with Crippen LogP contribution in [0.15, 0.2) is 18.2 Å². The molecule has 1 amide bonds. The van der Waals surface area contributed by atoms with Crippen molar-refractivity contribution in [3.8, 4) is 11.8 Å². The van der Waals surface area contributed by atoms with E-state index in [-0.39, 0.29) is 11.8 Å². The minimum atomic E-state index is -0.0494. The van der Waals surface area contributed by atoms with Gasteiger partial charge in [-0.25, -0.2) is 0 Å². The molecule has 0 unspecified atom stereocenters. The zero-order valence-electron chi connectivity index (χ0n) is 10.5. The average molecular weight is 230 g/mol. The van der Waals surface area contributed by atoms with E-state index in [1.165, 1.54) is 0 Å². The number of benzene rings is 1. The van der Waals surface area contributed by atoms with Crippen LogP contribution in [0.25, 0.3) is 0 Å². The van der Waals surface area contributed by atoms with Crippen molar-refractivity contribution in [1.29, 1.82) is 0 Å². The SMILES string of the molecule is Cc1ccc(NC(=O)C(C)C)c(C#CCN)c1. The quantitative estimate of drug-likeness (QED) is 0.762. The molecule has 0 bridgehead atoms. The Kier molecular flexibility index (Phi) is 4.74. The molecule has 0 saturated carbocycles. The van der Waals surface area contributed by atoms with Crippen molar-refractivity contribution < 1.29 is 4.79 Å². The second-order valence-corrected chi connectivity index (χ2v) is 4.20. The van der Waals surface area contributed by atoms with Gasteiger partial charge in [0.15, 0.2) is 0 Å². The number of carbonyl (C=O) groups is 1. The molecule has 1 aromatic carbocycles. The van der Waals surface area contributed by atoms with Crippen LogP contribution in [0.1, 0.15) is 25.0 Å². The highest BCUT2D eigenvalue weighted by Gasteiger charge is 2.09. The lowest BCUT2D eigenvalue weighted by atomic mass is 10.1. The van der Waals surface area contributed by atoms with Gasteiger partial charge in [-0.2, -0.15) is 0 Å². The van der Waals surface area contributed by atoms with Gasteiger partial charge >= 0.3 is 0 Å². The topological polar surface area (TPSA) is 55.1 Å². The second kappa shape index (κ2) is 6.07. The summed E-state index contributed by atoms with van der Waals surface area (Å²) in [6, 6.07) is 5.76. The fourth-order valence-electron chi connectivity index (χ4n) is 1.29. The number of amides is 1. The van der Waals surface area contributed by atoms with Crippen LogP contribution < -0.4 is 11.1 Å². The van der Waals surface area contributed by atoms with Gasteiger partial charge in [-0.1, -0.05) is 31.8 Å². The van der Waals surface area contributed by atoms with E-state index in [1.54, 1.807) is 0 Å². The van der Waals surface area contributed by atoms with E-state index in [0.29, 0.717) is 6.54 Å². The number of hydrogen-bond donors (Lipinski definition) is 2. The maximum atomic E-state index is 11.6. The van der Waals surface area contributed by atoms with E-state index in [1.807, 2.05) is 39.0 Å². The van der Waals surface area contributed by atoms with Crippen molar-refractivity contribution in [3.63, 3.8) is 0 Å². The number of rotatable bonds is 2. The molecule has 0 radical (unpaired) electrons. The summed E-state index contributed by atoms with van der Waals surface area (Å²) in [5.41, 5.74) is 8.01. The first-order chi connectivity index (χ1) is 8.04. The van der Waals surface area contributed by atoms with Crippen LogP contribution in [0.5, 0.6) is 0 Å². The number of anilines is 1. The van der Waals surface area contributed by atoms with E-state index < -0.39 is 0 Å². The Morgan fingerprint density at radius 2 is 2.18 bits per heavy atom. The Bertz CT molecular complexity index is 467. The van der Waals surface area contributed by atoms with Crippen LogP contribution in [0.2, 0.25) is 0 Å². The van der Waals surface area contributed by atoms with E-state index in [9.17, 15) is 4.79 Å². The molecule has 17 heavy (non-hydrogen) atoms. The normalized spacial score (nSPS) is 9.71. The van der Waals surface area contributed by atoms with Crippen LogP contribution in [0.3, 0.4) is 0 Å². The van der Waals surface area contributed by atoms with E-state index in [0.717, 1.165) is 16.8 Å². The van der Waals surface area contributed by atoms with Crippen molar-refractivity contribution in [2.75, 3.05) is 11.9 Å². The Balaban J connectivity index is 3.02. The van der Waals surface area contributed by atoms with Gasteiger partial charge in [0.1, 0.15) is 0 Å². The number of hydrogen-bond acceptors (Lipinski definition) is 2. The minimum Gasteiger partial charge on any atom is -0.325 e. The van der Waals surface area contributed by atoms with Gasteiger partial charge in [-0.05, 0) is 24.6 Å². The summed E-state index contributed by atoms with van der Waals surface area (Å²) in [5.74, 6) is 5.71. The molecule has 0 aromatic heterocycles. The Morgan fingerprint density at radius 3 is 2.76 bits per heavy atom. The molecule has 1 aromatic rings. The fraction of sp³-hybridized carbons (Fsp3) is 0.357. The number of aryl methyl sites for hydroxylation is 1. The molecular weight excluding hydrogens is 212 g/mol. The highest BCUT2D eigenvalue weighted by Crippen LogP contribution is 2.17. The van der Waals surface area contributed by atoms with Crippen LogP contribution in [0, 0.1) is 24.7 Å². The molecule has 0 heterocycles. The predicted octanol–water partition coefficient (Wildman–Crippen LogP) is 1.90. The van der Waals surface area contributed by atoms with Crippen molar-refractivity contribution in [1.82, 2.24) is 0 Å². The molecule has 90 valence electrons. The van der Waals surface area contributed by atoms with Gasteiger partial charge in [0.25, 0.3) is 0 Å². The van der Waals surface area contributed by atoms with Crippen molar-refractivity contribution in [2.24, 2.45) is 11.7 Å². The first kappa shape index (κ1) is 13.3. The predicted molar refractivity (Wildman–Crippen MR) is 70.6 cm³/mol. The first-order valence-corrected chi connectivity index (χ1v) is 5.65. The molecule has 3 heteroatoms. The summed E-state index contributed by atoms with van der Waals surface area (Å²) in [7, 11) is 0. The standard InChI is InChI=1S/C14H18N2O/c1-10(2)14(17)16-13-7-6-11(3)9-12(13)5-4-8-15/h6-7,9-10H,8,15H2,1-3H3,(H,16,17). The van der Waals surface area contributed by atoms with Crippen molar-refractivity contribution >= 4 is 11.6 Å². The van der Waals surface area contributed by atoms with Gasteiger partial charge in [0, 0.05) is 11.5 Å². The molecule has 3 N–H and O–H groups in total. The molecule has 3 nitrogen and oxygen atoms in total. The Morgan fingerprint density at radius 1 is 1.47 bits per heavy atom. The fourth-order valence-corrected chi connectivity index (χ4v) is 1.29. The summed E-state index contributed by atoms with van der Waals surface area (Å²) in [6.07, 6.45) is 0. The van der Waals surface area contributed by atoms with E-state index in [4.69, 9.17) is 5.73 Å². The van der Waals surface area contributed by atoms with Crippen molar-refractivity contribution in [3.05, 3.63) is 29.3 Å². The monoisotopic (exact) mass is 230 g/mol. The molecule has 0 aliphatic rings. The molecule has 0 spiro atoms.